The fourth-order valence-corrected chi connectivity index (χ4v) is 3.29. The molecule has 0 radical (unpaired) electrons. The van der Waals surface area contributed by atoms with E-state index in [1.165, 1.54) is 30.3 Å². The van der Waals surface area contributed by atoms with Crippen molar-refractivity contribution in [2.75, 3.05) is 0 Å². The topological polar surface area (TPSA) is 36.4 Å². The number of hydrogen-bond donors (Lipinski definition) is 2. The summed E-state index contributed by atoms with van der Waals surface area (Å²) in [5.74, 6) is -2.07. The smallest absolute Gasteiger partial charge is 0.192 e. The molecule has 0 aliphatic carbocycles. The van der Waals surface area contributed by atoms with Crippen LogP contribution in [0.2, 0.25) is 0 Å². The van der Waals surface area contributed by atoms with Crippen molar-refractivity contribution in [1.29, 1.82) is 0 Å². The van der Waals surface area contributed by atoms with E-state index < -0.39 is 11.6 Å². The highest BCUT2D eigenvalue weighted by Crippen LogP contribution is 2.32. The lowest BCUT2D eigenvalue weighted by Gasteiger charge is -2.19. The van der Waals surface area contributed by atoms with E-state index in [9.17, 15) is 17.6 Å². The molecule has 2 atom stereocenters. The van der Waals surface area contributed by atoms with Crippen LogP contribution in [0.15, 0.2) is 71.7 Å². The summed E-state index contributed by atoms with van der Waals surface area (Å²) in [5.41, 5.74) is 2.17. The molecule has 0 unspecified atom stereocenters. The van der Waals surface area contributed by atoms with Gasteiger partial charge in [-0.1, -0.05) is 30.3 Å². The second-order valence-corrected chi connectivity index (χ2v) is 6.76. The zero-order valence-corrected chi connectivity index (χ0v) is 15.2. The summed E-state index contributed by atoms with van der Waals surface area (Å²) in [4.78, 5) is 4.41. The number of halogens is 4. The van der Waals surface area contributed by atoms with Crippen molar-refractivity contribution in [1.82, 2.24) is 10.6 Å². The maximum Gasteiger partial charge on any atom is 0.192 e. The second-order valence-electron chi connectivity index (χ2n) is 6.76. The van der Waals surface area contributed by atoms with Crippen LogP contribution in [0.5, 0.6) is 0 Å². The predicted octanol–water partition coefficient (Wildman–Crippen LogP) is 4.77. The molecular weight excluding hydrogens is 382 g/mol. The van der Waals surface area contributed by atoms with Crippen LogP contribution >= 0.6 is 0 Å². The van der Waals surface area contributed by atoms with Crippen molar-refractivity contribution in [3.05, 3.63) is 107 Å². The van der Waals surface area contributed by atoms with Crippen LogP contribution in [0.3, 0.4) is 0 Å². The van der Waals surface area contributed by atoms with Crippen LogP contribution in [0.1, 0.15) is 28.8 Å². The standard InChI is InChI=1S/C22H17F4N3/c23-16-6-2-14(3-7-16)20-21(15-4-8-17(24)9-5-15)29-22(28-20)27-12-13-1-10-18(25)19(26)11-13/h1-11,20-21H,12H2,(H2,27,28,29)/t20-,21+. The molecule has 2 N–H and O–H groups in total. The third-order valence-corrected chi connectivity index (χ3v) is 4.78. The first-order valence-electron chi connectivity index (χ1n) is 9.02. The van der Waals surface area contributed by atoms with Gasteiger partial charge in [0.15, 0.2) is 17.6 Å². The van der Waals surface area contributed by atoms with Crippen LogP contribution in [-0.2, 0) is 6.54 Å². The third kappa shape index (κ3) is 4.23. The molecule has 0 saturated carbocycles. The lowest BCUT2D eigenvalue weighted by Crippen LogP contribution is -2.25. The van der Waals surface area contributed by atoms with Crippen LogP contribution < -0.4 is 10.6 Å². The highest BCUT2D eigenvalue weighted by molar-refractivity contribution is 5.83. The fourth-order valence-electron chi connectivity index (χ4n) is 3.29. The van der Waals surface area contributed by atoms with Gasteiger partial charge in [-0.05, 0) is 53.1 Å². The summed E-state index contributed by atoms with van der Waals surface area (Å²) in [7, 11) is 0. The Morgan fingerprint density at radius 1 is 0.655 bits per heavy atom. The van der Waals surface area contributed by atoms with Gasteiger partial charge >= 0.3 is 0 Å². The molecule has 1 aliphatic rings. The summed E-state index contributed by atoms with van der Waals surface area (Å²) >= 11 is 0. The van der Waals surface area contributed by atoms with Crippen LogP contribution in [0.4, 0.5) is 17.6 Å². The molecule has 1 saturated heterocycles. The van der Waals surface area contributed by atoms with Crippen molar-refractivity contribution in [3.8, 4) is 0 Å². The Morgan fingerprint density at radius 2 is 1.17 bits per heavy atom. The van der Waals surface area contributed by atoms with Gasteiger partial charge in [-0.25, -0.2) is 22.6 Å². The first-order valence-corrected chi connectivity index (χ1v) is 9.02. The van der Waals surface area contributed by atoms with Gasteiger partial charge in [0.05, 0.1) is 18.6 Å². The zero-order valence-electron chi connectivity index (χ0n) is 15.2. The second kappa shape index (κ2) is 7.95. The summed E-state index contributed by atoms with van der Waals surface area (Å²) in [6.45, 7) is 0.138. The van der Waals surface area contributed by atoms with E-state index in [-0.39, 0.29) is 30.3 Å². The molecule has 1 fully saturated rings. The number of benzene rings is 3. The zero-order chi connectivity index (χ0) is 20.4. The number of nitrogens with one attached hydrogen (secondary N) is 2. The minimum absolute atomic E-state index is 0.138. The Kier molecular flexibility index (Phi) is 5.20. The lowest BCUT2D eigenvalue weighted by atomic mass is 9.95. The van der Waals surface area contributed by atoms with E-state index in [1.807, 2.05) is 0 Å². The summed E-state index contributed by atoms with van der Waals surface area (Å²) < 4.78 is 53.1. The van der Waals surface area contributed by atoms with Crippen molar-refractivity contribution >= 4 is 5.96 Å². The number of aliphatic imine (C=N–C) groups is 1. The van der Waals surface area contributed by atoms with Gasteiger partial charge in [0.2, 0.25) is 0 Å². The minimum Gasteiger partial charge on any atom is -0.347 e. The normalized spacial score (nSPS) is 19.8. The van der Waals surface area contributed by atoms with E-state index in [1.54, 1.807) is 24.3 Å². The average molecular weight is 399 g/mol. The Morgan fingerprint density at radius 3 is 1.66 bits per heavy atom. The van der Waals surface area contributed by atoms with Crippen LogP contribution in [0, 0.1) is 23.3 Å². The molecule has 0 bridgehead atoms. The number of rotatable bonds is 4. The largest absolute Gasteiger partial charge is 0.347 e. The third-order valence-electron chi connectivity index (χ3n) is 4.78. The Hall–Kier alpha value is -3.35. The average Bonchev–Trinajstić information content (AvgIpc) is 3.14. The van der Waals surface area contributed by atoms with Crippen molar-refractivity contribution < 1.29 is 17.6 Å². The predicted molar refractivity (Wildman–Crippen MR) is 102 cm³/mol. The maximum absolute atomic E-state index is 13.4. The summed E-state index contributed by atoms with van der Waals surface area (Å²) in [6, 6.07) is 15.2. The first kappa shape index (κ1) is 19.0. The molecule has 148 valence electrons. The maximum atomic E-state index is 13.4. The van der Waals surface area contributed by atoms with Crippen molar-refractivity contribution in [3.63, 3.8) is 0 Å². The number of guanidine groups is 1. The van der Waals surface area contributed by atoms with E-state index in [2.05, 4.69) is 15.6 Å². The number of hydrogen-bond acceptors (Lipinski definition) is 1. The molecule has 0 spiro atoms. The van der Waals surface area contributed by atoms with Crippen LogP contribution in [-0.4, -0.2) is 5.96 Å². The molecule has 3 aromatic rings. The molecule has 3 aromatic carbocycles. The molecule has 29 heavy (non-hydrogen) atoms. The monoisotopic (exact) mass is 399 g/mol. The fraction of sp³-hybridized carbons (Fsp3) is 0.136. The van der Waals surface area contributed by atoms with Gasteiger partial charge in [0.1, 0.15) is 11.6 Å². The molecule has 0 amide bonds. The molecule has 7 heteroatoms. The molecule has 3 nitrogen and oxygen atoms in total. The van der Waals surface area contributed by atoms with E-state index in [0.717, 1.165) is 23.3 Å². The van der Waals surface area contributed by atoms with E-state index >= 15 is 0 Å². The summed E-state index contributed by atoms with van der Waals surface area (Å²) in [6.07, 6.45) is 0. The van der Waals surface area contributed by atoms with Gasteiger partial charge in [0.25, 0.3) is 0 Å². The molecule has 1 aliphatic heterocycles. The first-order chi connectivity index (χ1) is 14.0. The van der Waals surface area contributed by atoms with Gasteiger partial charge in [0, 0.05) is 0 Å². The summed E-state index contributed by atoms with van der Waals surface area (Å²) in [5, 5.41) is 6.48. The Bertz CT molecular complexity index is 977. The van der Waals surface area contributed by atoms with Gasteiger partial charge in [-0.2, -0.15) is 0 Å². The van der Waals surface area contributed by atoms with Crippen molar-refractivity contribution in [2.45, 2.75) is 18.6 Å². The molecular formula is C22H17F4N3. The van der Waals surface area contributed by atoms with Crippen LogP contribution in [0.25, 0.3) is 0 Å². The minimum atomic E-state index is -0.927. The molecule has 0 aromatic heterocycles. The van der Waals surface area contributed by atoms with E-state index in [4.69, 9.17) is 0 Å². The molecule has 4 rings (SSSR count). The highest BCUT2D eigenvalue weighted by atomic mass is 19.2. The van der Waals surface area contributed by atoms with Gasteiger partial charge in [-0.15, -0.1) is 0 Å². The molecule has 1 heterocycles. The van der Waals surface area contributed by atoms with Gasteiger partial charge < -0.3 is 10.6 Å². The Labute approximate surface area is 165 Å². The SMILES string of the molecule is Fc1ccc([C@H]2NC(=NCc3ccc(F)c(F)c3)N[C@H]2c2ccc(F)cc2)cc1. The Balaban J connectivity index is 1.60. The number of nitrogens with zero attached hydrogens (tertiary/aromatic N) is 1. The highest BCUT2D eigenvalue weighted by Gasteiger charge is 2.32. The lowest BCUT2D eigenvalue weighted by molar-refractivity contribution is 0.507. The van der Waals surface area contributed by atoms with Crippen molar-refractivity contribution in [2.24, 2.45) is 4.99 Å². The van der Waals surface area contributed by atoms with E-state index in [0.29, 0.717) is 11.5 Å². The van der Waals surface area contributed by atoms with Gasteiger partial charge in [-0.3, -0.25) is 0 Å². The quantitative estimate of drug-likeness (QED) is 0.620.